The van der Waals surface area contributed by atoms with E-state index in [2.05, 4.69) is 49.3 Å². The molecule has 1 amide bonds. The molecule has 1 aliphatic rings. The van der Waals surface area contributed by atoms with Gasteiger partial charge < -0.3 is 20.3 Å². The van der Waals surface area contributed by atoms with Crippen LogP contribution in [0, 0.1) is 5.92 Å². The molecule has 210 valence electrons. The smallest absolute Gasteiger partial charge is 0.433 e. The number of nitrogens with one attached hydrogen (secondary N) is 2. The number of fused-ring (bicyclic) bond motifs is 1. The minimum absolute atomic E-state index is 0.101. The highest BCUT2D eigenvalue weighted by Crippen LogP contribution is 2.36. The van der Waals surface area contributed by atoms with Gasteiger partial charge in [0, 0.05) is 37.7 Å². The Hall–Kier alpha value is -3.84. The van der Waals surface area contributed by atoms with Crippen LogP contribution in [-0.4, -0.2) is 56.4 Å². The minimum atomic E-state index is -4.58. The highest BCUT2D eigenvalue weighted by Gasteiger charge is 2.33. The maximum absolute atomic E-state index is 13.5. The first-order chi connectivity index (χ1) is 19.1. The number of alkyl halides is 3. The van der Waals surface area contributed by atoms with Gasteiger partial charge in [0.05, 0.1) is 10.4 Å². The van der Waals surface area contributed by atoms with Gasteiger partial charge in [-0.25, -0.2) is 19.9 Å². The van der Waals surface area contributed by atoms with Crippen molar-refractivity contribution < 1.29 is 22.7 Å². The Labute approximate surface area is 232 Å². The predicted octanol–water partition coefficient (Wildman–Crippen LogP) is 6.06. The van der Waals surface area contributed by atoms with Crippen LogP contribution >= 0.6 is 11.3 Å². The van der Waals surface area contributed by atoms with Gasteiger partial charge in [-0.2, -0.15) is 13.2 Å². The number of halogens is 3. The molecular formula is C27H28F3N7O2S. The fourth-order valence-corrected chi connectivity index (χ4v) is 5.49. The Kier molecular flexibility index (Phi) is 7.86. The van der Waals surface area contributed by atoms with E-state index in [1.807, 2.05) is 6.07 Å². The van der Waals surface area contributed by atoms with Crippen LogP contribution in [0.2, 0.25) is 0 Å². The number of nitrogens with zero attached hydrogens (tertiary/aromatic N) is 5. The summed E-state index contributed by atoms with van der Waals surface area (Å²) in [5.74, 6) is 0.748. The van der Waals surface area contributed by atoms with Crippen molar-refractivity contribution in [1.29, 1.82) is 0 Å². The van der Waals surface area contributed by atoms with E-state index in [1.165, 1.54) is 30.7 Å². The highest BCUT2D eigenvalue weighted by atomic mass is 32.1. The van der Waals surface area contributed by atoms with Crippen LogP contribution in [0.3, 0.4) is 0 Å². The third kappa shape index (κ3) is 6.31. The summed E-state index contributed by atoms with van der Waals surface area (Å²) in [7, 11) is 0. The van der Waals surface area contributed by atoms with Crippen LogP contribution in [0.15, 0.2) is 42.7 Å². The number of rotatable bonds is 8. The second-order valence-electron chi connectivity index (χ2n) is 9.86. The Balaban J connectivity index is 1.42. The molecule has 0 saturated carbocycles. The van der Waals surface area contributed by atoms with Gasteiger partial charge >= 0.3 is 6.18 Å². The lowest BCUT2D eigenvalue weighted by Gasteiger charge is -2.21. The molecule has 1 aromatic carbocycles. The largest absolute Gasteiger partial charge is 0.437 e. The van der Waals surface area contributed by atoms with Crippen LogP contribution in [-0.2, 0) is 11.0 Å². The Morgan fingerprint density at radius 1 is 1.20 bits per heavy atom. The van der Waals surface area contributed by atoms with Gasteiger partial charge in [0.2, 0.25) is 11.8 Å². The number of hydrogen-bond acceptors (Lipinski definition) is 9. The molecule has 1 fully saturated rings. The molecule has 1 atom stereocenters. The number of carbonyl (C=O) groups excluding carboxylic acids is 1. The van der Waals surface area contributed by atoms with Gasteiger partial charge in [0.25, 0.3) is 0 Å². The normalized spacial score (nSPS) is 16.0. The number of thiazole rings is 1. The Morgan fingerprint density at radius 3 is 2.75 bits per heavy atom. The lowest BCUT2D eigenvalue weighted by Crippen LogP contribution is -2.29. The van der Waals surface area contributed by atoms with E-state index in [1.54, 1.807) is 18.2 Å². The van der Waals surface area contributed by atoms with Gasteiger partial charge in [-0.1, -0.05) is 17.4 Å². The van der Waals surface area contributed by atoms with Crippen molar-refractivity contribution in [3.63, 3.8) is 0 Å². The zero-order valence-corrected chi connectivity index (χ0v) is 22.9. The second kappa shape index (κ2) is 11.3. The average molecular weight is 572 g/mol. The average Bonchev–Trinajstić information content (AvgIpc) is 3.54. The molecule has 40 heavy (non-hydrogen) atoms. The zero-order chi connectivity index (χ0) is 28.4. The Morgan fingerprint density at radius 2 is 2.02 bits per heavy atom. The molecule has 1 unspecified atom stereocenters. The third-order valence-electron chi connectivity index (χ3n) is 6.59. The standard InChI is InChI=1S/C27H28F3N7O2S/c1-15(2)37-10-9-17(13-37)12-31-25-18(7-8-22(35-25)27(28,29)30)19-11-23(33-14-32-19)39-20-5-4-6-21-24(20)36-26(40-21)34-16(3)38/h4-8,11,14-15,17H,9-10,12-13H2,1-3H3,(H,31,35)(H,34,36,38). The summed E-state index contributed by atoms with van der Waals surface area (Å²) in [6.07, 6.45) is -2.34. The van der Waals surface area contributed by atoms with E-state index in [-0.39, 0.29) is 23.5 Å². The fourth-order valence-electron chi connectivity index (χ4n) is 4.56. The first-order valence-corrected chi connectivity index (χ1v) is 13.6. The van der Waals surface area contributed by atoms with Gasteiger partial charge in [-0.15, -0.1) is 0 Å². The predicted molar refractivity (Wildman–Crippen MR) is 148 cm³/mol. The molecule has 4 aromatic rings. The lowest BCUT2D eigenvalue weighted by molar-refractivity contribution is -0.141. The van der Waals surface area contributed by atoms with Gasteiger partial charge in [0.15, 0.2) is 10.9 Å². The molecule has 0 aliphatic carbocycles. The summed E-state index contributed by atoms with van der Waals surface area (Å²) in [5, 5.41) is 6.26. The van der Waals surface area contributed by atoms with Crippen molar-refractivity contribution >= 4 is 38.4 Å². The van der Waals surface area contributed by atoms with Crippen LogP contribution in [0.1, 0.15) is 32.9 Å². The van der Waals surface area contributed by atoms with E-state index < -0.39 is 11.9 Å². The number of aromatic nitrogens is 4. The van der Waals surface area contributed by atoms with E-state index in [0.29, 0.717) is 40.2 Å². The number of para-hydroxylation sites is 1. The van der Waals surface area contributed by atoms with Crippen molar-refractivity contribution in [2.75, 3.05) is 30.3 Å². The maximum atomic E-state index is 13.5. The van der Waals surface area contributed by atoms with Crippen molar-refractivity contribution in [3.8, 4) is 22.9 Å². The molecule has 1 aliphatic heterocycles. The maximum Gasteiger partial charge on any atom is 0.433 e. The number of anilines is 2. The number of amides is 1. The molecule has 0 spiro atoms. The summed E-state index contributed by atoms with van der Waals surface area (Å²) in [5.41, 5.74) is 0.318. The van der Waals surface area contributed by atoms with Crippen molar-refractivity contribution in [3.05, 3.63) is 48.4 Å². The molecule has 9 nitrogen and oxygen atoms in total. The quantitative estimate of drug-likeness (QED) is 0.263. The van der Waals surface area contributed by atoms with Gasteiger partial charge in [-0.3, -0.25) is 4.79 Å². The van der Waals surface area contributed by atoms with Crippen molar-refractivity contribution in [2.45, 2.75) is 39.4 Å². The summed E-state index contributed by atoms with van der Waals surface area (Å²) in [6, 6.07) is 9.63. The summed E-state index contributed by atoms with van der Waals surface area (Å²) in [6.45, 7) is 7.98. The zero-order valence-electron chi connectivity index (χ0n) is 22.1. The van der Waals surface area contributed by atoms with Crippen molar-refractivity contribution in [1.82, 2.24) is 24.8 Å². The third-order valence-corrected chi connectivity index (χ3v) is 7.52. The molecule has 4 heterocycles. The number of carbonyl (C=O) groups is 1. The summed E-state index contributed by atoms with van der Waals surface area (Å²) < 4.78 is 47.4. The van der Waals surface area contributed by atoms with Crippen molar-refractivity contribution in [2.24, 2.45) is 5.92 Å². The van der Waals surface area contributed by atoms with E-state index in [0.717, 1.165) is 30.3 Å². The molecule has 5 rings (SSSR count). The summed E-state index contributed by atoms with van der Waals surface area (Å²) >= 11 is 1.31. The fraction of sp³-hybridized carbons (Fsp3) is 0.370. The van der Waals surface area contributed by atoms with Crippen LogP contribution in [0.5, 0.6) is 11.6 Å². The Bertz CT molecular complexity index is 1530. The monoisotopic (exact) mass is 571 g/mol. The molecule has 0 bridgehead atoms. The molecule has 1 saturated heterocycles. The topological polar surface area (TPSA) is 105 Å². The van der Waals surface area contributed by atoms with E-state index in [9.17, 15) is 18.0 Å². The van der Waals surface area contributed by atoms with Crippen LogP contribution in [0.25, 0.3) is 21.5 Å². The molecule has 3 aromatic heterocycles. The number of likely N-dealkylation sites (tertiary alicyclic amines) is 1. The molecular weight excluding hydrogens is 543 g/mol. The lowest BCUT2D eigenvalue weighted by atomic mass is 10.1. The SMILES string of the molecule is CC(=O)Nc1nc2c(Oc3cc(-c4ccc(C(F)(F)F)nc4NCC4CCN(C(C)C)C4)ncn3)cccc2s1. The number of ether oxygens (including phenoxy) is 1. The summed E-state index contributed by atoms with van der Waals surface area (Å²) in [4.78, 5) is 30.6. The highest BCUT2D eigenvalue weighted by molar-refractivity contribution is 7.22. The molecule has 13 heteroatoms. The second-order valence-corrected chi connectivity index (χ2v) is 10.9. The first kappa shape index (κ1) is 27.7. The van der Waals surface area contributed by atoms with Gasteiger partial charge in [0.1, 0.15) is 23.4 Å². The molecule has 2 N–H and O–H groups in total. The number of hydrogen-bond donors (Lipinski definition) is 2. The van der Waals surface area contributed by atoms with E-state index in [4.69, 9.17) is 4.74 Å². The van der Waals surface area contributed by atoms with E-state index >= 15 is 0 Å². The number of benzene rings is 1. The van der Waals surface area contributed by atoms with Gasteiger partial charge in [-0.05, 0) is 57.0 Å². The first-order valence-electron chi connectivity index (χ1n) is 12.8. The number of pyridine rings is 1. The van der Waals surface area contributed by atoms with Crippen LogP contribution < -0.4 is 15.4 Å². The minimum Gasteiger partial charge on any atom is -0.437 e. The van der Waals surface area contributed by atoms with Crippen LogP contribution in [0.4, 0.5) is 24.1 Å². The molecule has 0 radical (unpaired) electrons.